The Morgan fingerprint density at radius 3 is 1.69 bits per heavy atom. The Morgan fingerprint density at radius 1 is 0.514 bits per heavy atom. The normalized spacial score (nSPS) is 28.8. The summed E-state index contributed by atoms with van der Waals surface area (Å²) >= 11 is 1.12. The third-order valence-electron chi connectivity index (χ3n) is 25.6. The summed E-state index contributed by atoms with van der Waals surface area (Å²) in [6, 6.07) is -5.11. The summed E-state index contributed by atoms with van der Waals surface area (Å²) in [7, 11) is 1.33. The zero-order valence-electron chi connectivity index (χ0n) is 79.9. The molecule has 6 saturated heterocycles. The number of aliphatic hydroxyl groups excluding tert-OH is 1. The maximum Gasteiger partial charge on any atom is 0.327 e. The Kier molecular flexibility index (Phi) is 38.6. The maximum absolute atomic E-state index is 16.8. The molecule has 8 heterocycles. The standard InChI is InChI=1S/C94H121N21O25S4/c1-8-49-30-68(117)59(27-48-17-10-9-11-18-48)102-86(133)67-23-16-26-115(67)89(136)74(45(4)5)110-83(130)61(29-51-36-98-57-22-15-13-20-54(51)57)109-91(139)94-34-63(84(131)111-75(47(7)116)87(134)99-37-71(120)113-94)105-78(125)52(38-143-144-41-66(90(137)138)108-85(132)65(40-142-43-94)107-77(49)124)31-69(118)64-39-141-42-93(33-55(95)79(126)103-62(32-70(96)119)81(128)100-46(6)76(123)114-93)92(140)112-73(44(2)3)88(135)104-60(28-50-35-97-56-21-14-12-19-53(50)56)82(129)101-58(80(127)106-64)24-25-72(121)122/h8-15,17-22,35-36,44-47,52,55,58-67,73-75,97-98,116H,16,23-34,37-43,95H2,1-7H3,(H2,96,119)(H,99,134)(H,100,128)(H,101,129)(H,102,133)(H,103,126)(H,104,135)(H,105,125)(H,106,127)(H,107,124)(H,108,132)(H,109,139)(H,110,130)(H,111,131)(H,112,140)(H,113,120)(H,114,123)(H,121,122)(H,137,138)/b49-8+/t46-,47+,52+,55?,58-,59-,60-,61-,62-,63?,64?,65?,66-,67-,73-,74-,75-,93?,94?/m0/s1. The van der Waals surface area contributed by atoms with E-state index in [0.29, 0.717) is 83.6 Å². The molecule has 144 heavy (non-hydrogen) atoms. The van der Waals surface area contributed by atoms with E-state index in [9.17, 15) is 53.7 Å². The van der Waals surface area contributed by atoms with Gasteiger partial charge in [0.15, 0.2) is 11.6 Å². The monoisotopic (exact) mass is 2070 g/mol. The number of thioether (sulfide) groups is 2. The third-order valence-corrected chi connectivity index (χ3v) is 30.6. The van der Waals surface area contributed by atoms with E-state index < -0.39 is 348 Å². The lowest BCUT2D eigenvalue weighted by atomic mass is 9.89. The number of para-hydroxylation sites is 2. The van der Waals surface area contributed by atoms with Crippen LogP contribution >= 0.6 is 45.1 Å². The summed E-state index contributed by atoms with van der Waals surface area (Å²) in [5, 5.41) is 74.7. The van der Waals surface area contributed by atoms with Crippen LogP contribution in [0.4, 0.5) is 0 Å². The number of fused-ring (bicyclic) bond motifs is 7. The molecule has 18 amide bonds. The van der Waals surface area contributed by atoms with Crippen LogP contribution in [0.25, 0.3) is 21.8 Å². The number of allylic oxidation sites excluding steroid dienone is 1. The molecule has 0 radical (unpaired) electrons. The molecule has 6 aliphatic heterocycles. The number of nitrogens with one attached hydrogen (secondary N) is 18. The molecule has 46 nitrogen and oxygen atoms in total. The smallest absolute Gasteiger partial charge is 0.327 e. The van der Waals surface area contributed by atoms with Gasteiger partial charge in [0, 0.05) is 126 Å². The van der Waals surface area contributed by atoms with Crippen molar-refractivity contribution in [1.82, 2.24) is 99.9 Å². The first-order chi connectivity index (χ1) is 68.3. The van der Waals surface area contributed by atoms with E-state index in [2.05, 4.69) is 95.0 Å². The number of ketones is 2. The Balaban J connectivity index is 1.06. The Morgan fingerprint density at radius 2 is 1.07 bits per heavy atom. The van der Waals surface area contributed by atoms with Gasteiger partial charge in [0.2, 0.25) is 106 Å². The Hall–Kier alpha value is -13.5. The van der Waals surface area contributed by atoms with Crippen LogP contribution in [-0.2, 0) is 125 Å². The number of carboxylic acid groups (broad SMARTS) is 2. The minimum Gasteiger partial charge on any atom is -0.481 e. The third kappa shape index (κ3) is 28.8. The molecular formula is C94H121N21O25S4. The summed E-state index contributed by atoms with van der Waals surface area (Å²) in [6.45, 7) is 8.69. The summed E-state index contributed by atoms with van der Waals surface area (Å²) in [4.78, 5) is 338. The number of primary amides is 1. The van der Waals surface area contributed by atoms with Gasteiger partial charge < -0.3 is 127 Å². The molecule has 25 N–H and O–H groups in total. The highest BCUT2D eigenvalue weighted by Crippen LogP contribution is 2.33. The van der Waals surface area contributed by atoms with Gasteiger partial charge in [-0.3, -0.25) is 101 Å². The lowest BCUT2D eigenvalue weighted by molar-refractivity contribution is -0.143. The van der Waals surface area contributed by atoms with Crippen LogP contribution in [-0.4, -0.2) is 315 Å². The van der Waals surface area contributed by atoms with Gasteiger partial charge in [-0.1, -0.05) is 122 Å². The van der Waals surface area contributed by atoms with Crippen LogP contribution in [0.3, 0.4) is 0 Å². The molecule has 6 unspecified atom stereocenters. The van der Waals surface area contributed by atoms with Gasteiger partial charge in [-0.2, -0.15) is 23.5 Å². The zero-order chi connectivity index (χ0) is 105. The van der Waals surface area contributed by atoms with Gasteiger partial charge in [-0.05, 0) is 87.1 Å². The van der Waals surface area contributed by atoms with Crippen molar-refractivity contribution in [3.8, 4) is 0 Å². The van der Waals surface area contributed by atoms with Gasteiger partial charge in [-0.25, -0.2) is 4.79 Å². The molecule has 2 spiro atoms. The molecule has 50 heteroatoms. The molecule has 776 valence electrons. The summed E-state index contributed by atoms with van der Waals surface area (Å²) in [5.41, 5.74) is 8.83. The highest BCUT2D eigenvalue weighted by molar-refractivity contribution is 8.76. The van der Waals surface area contributed by atoms with Gasteiger partial charge in [-0.15, -0.1) is 0 Å². The predicted molar refractivity (Wildman–Crippen MR) is 527 cm³/mol. The van der Waals surface area contributed by atoms with Crippen molar-refractivity contribution in [3.05, 3.63) is 120 Å². The number of amides is 18. The summed E-state index contributed by atoms with van der Waals surface area (Å²) in [6.07, 6.45) is -4.73. The van der Waals surface area contributed by atoms with Gasteiger partial charge in [0.05, 0.1) is 43.1 Å². The van der Waals surface area contributed by atoms with Crippen LogP contribution in [0, 0.1) is 17.8 Å². The minimum absolute atomic E-state index is 0.0371. The number of rotatable bonds is 18. The number of aromatic amines is 2. The average Bonchev–Trinajstić information content (AvgIpc) is 1.01. The molecule has 6 aliphatic rings. The van der Waals surface area contributed by atoms with Crippen LogP contribution in [0.5, 0.6) is 0 Å². The number of carbonyl (C=O) groups excluding carboxylic acids is 20. The lowest BCUT2D eigenvalue weighted by Crippen LogP contribution is -2.68. The van der Waals surface area contributed by atoms with Gasteiger partial charge >= 0.3 is 11.9 Å². The van der Waals surface area contributed by atoms with Crippen LogP contribution in [0.15, 0.2) is 103 Å². The fourth-order valence-corrected chi connectivity index (χ4v) is 22.5. The highest BCUT2D eigenvalue weighted by atomic mass is 33.1. The average molecular weight is 2070 g/mol. The first-order valence-corrected chi connectivity index (χ1v) is 51.7. The maximum atomic E-state index is 16.8. The minimum atomic E-state index is -2.86. The number of aliphatic carboxylic acids is 2. The van der Waals surface area contributed by atoms with Crippen molar-refractivity contribution in [1.29, 1.82) is 0 Å². The Labute approximate surface area is 842 Å². The first-order valence-electron chi connectivity index (χ1n) is 46.9. The van der Waals surface area contributed by atoms with Crippen molar-refractivity contribution >= 4 is 197 Å². The van der Waals surface area contributed by atoms with E-state index in [0.717, 1.165) is 13.8 Å². The van der Waals surface area contributed by atoms with Crippen molar-refractivity contribution in [2.45, 2.75) is 233 Å². The van der Waals surface area contributed by atoms with E-state index in [4.69, 9.17) is 11.5 Å². The zero-order valence-corrected chi connectivity index (χ0v) is 83.2. The number of H-pyrrole nitrogens is 2. The van der Waals surface area contributed by atoms with Crippen molar-refractivity contribution < 1.29 is 121 Å². The van der Waals surface area contributed by atoms with Crippen LogP contribution in [0.2, 0.25) is 0 Å². The van der Waals surface area contributed by atoms with E-state index in [1.54, 1.807) is 92.7 Å². The van der Waals surface area contributed by atoms with E-state index in [1.807, 2.05) is 0 Å². The first kappa shape index (κ1) is 111. The van der Waals surface area contributed by atoms with E-state index >= 15 is 67.1 Å². The number of benzene rings is 3. The largest absolute Gasteiger partial charge is 0.481 e. The van der Waals surface area contributed by atoms with Crippen molar-refractivity contribution in [2.24, 2.45) is 29.2 Å². The number of nitrogens with zero attached hydrogens (tertiary/aromatic N) is 1. The predicted octanol–water partition coefficient (Wildman–Crippen LogP) is -4.16. The number of hydrogen-bond acceptors (Lipinski definition) is 28. The second-order valence-corrected chi connectivity index (χ2v) is 41.8. The molecule has 11 rings (SSSR count). The molecule has 0 saturated carbocycles. The quantitative estimate of drug-likeness (QED) is 0.0292. The van der Waals surface area contributed by atoms with Crippen LogP contribution in [0.1, 0.15) is 123 Å². The second kappa shape index (κ2) is 50.2. The van der Waals surface area contributed by atoms with Crippen LogP contribution < -0.4 is 96.5 Å². The summed E-state index contributed by atoms with van der Waals surface area (Å²) in [5.74, 6) is -34.4. The number of aliphatic hydroxyl groups is 1. The lowest BCUT2D eigenvalue weighted by Gasteiger charge is -2.38. The van der Waals surface area contributed by atoms with Gasteiger partial charge in [0.25, 0.3) is 0 Å². The van der Waals surface area contributed by atoms with Gasteiger partial charge in [0.1, 0.15) is 83.6 Å². The molecule has 0 aliphatic carbocycles. The van der Waals surface area contributed by atoms with E-state index in [-0.39, 0.29) is 37.8 Å². The van der Waals surface area contributed by atoms with E-state index in [1.165, 1.54) is 44.1 Å². The number of Topliss-reactive ketones (excluding diaryl/α,β-unsaturated/α-hetero) is 2. The Bertz CT molecular complexity index is 5780. The fourth-order valence-electron chi connectivity index (χ4n) is 17.5. The van der Waals surface area contributed by atoms with Crippen molar-refractivity contribution in [3.63, 3.8) is 0 Å². The molecule has 6 fully saturated rings. The number of carbonyl (C=O) groups is 22. The molecule has 3 aromatic carbocycles. The SMILES string of the molecule is C/C=C1\CC(=O)[C@H](Cc2ccccc2)NC(=O)[C@@H]2CCCN2C(=O)[C@H](C(C)C)NC(=O)[C@H](Cc2c[nH]c3ccccc23)NC(=O)C23CSCC(NC1=O)C(=O)N[C@H](C(=O)O)CSSC[C@@H](CC(=O)C1CSCC4(CC(N)C(=O)N[C@@H](CC(N)=O)C(=O)N[C@@H](C)C(=O)N4)C(=O)N[C@@H](C(C)C)C(=O)N[C@@H](Cc4c[nH]c5ccccc45)C(=O)N[C@@H](CCC(=O)O)C(=O)N1)C(=O)NC(C2)C(=O)N[C@@H]([C@@H](C)O)C(=O)NCC(=O)N3. The number of aromatic nitrogens is 2. The topological polar surface area (TPSA) is 716 Å². The number of hydrogen-bond donors (Lipinski definition) is 23. The number of carboxylic acids is 2. The molecule has 2 aromatic heterocycles. The van der Waals surface area contributed by atoms with Crippen molar-refractivity contribution in [2.75, 3.05) is 47.6 Å². The molecule has 19 atom stereocenters. The second-order valence-electron chi connectivity index (χ2n) is 37.2. The molecule has 5 aromatic rings. The highest BCUT2D eigenvalue weighted by Gasteiger charge is 2.52. The molecular weight excluding hydrogens is 1950 g/mol. The summed E-state index contributed by atoms with van der Waals surface area (Å²) < 4.78 is 0. The number of nitrogens with two attached hydrogens (primary N) is 2. The fraction of sp³-hybridized carbons (Fsp3) is 0.511. The molecule has 3 bridgehead atoms.